The van der Waals surface area contributed by atoms with E-state index in [1.807, 2.05) is 26.8 Å². The number of aromatic nitrogens is 1. The lowest BCUT2D eigenvalue weighted by atomic mass is 9.92. The molecular weight excluding hydrogens is 379 g/mol. The maximum absolute atomic E-state index is 14.1. The first-order valence-corrected chi connectivity index (χ1v) is 9.59. The molecule has 0 bridgehead atoms. The molecular formula is C24H25FN4O. The molecule has 0 aliphatic rings. The van der Waals surface area contributed by atoms with Crippen LogP contribution in [0.25, 0.3) is 22.0 Å². The van der Waals surface area contributed by atoms with Gasteiger partial charge in [-0.05, 0) is 30.3 Å². The SMILES string of the molecule is CN=C(C=C(N)C(C)(C)C)NC(=O)c1ccc2cc(-c3ccccc3F)cnc2c1. The molecule has 3 rings (SSSR count). The van der Waals surface area contributed by atoms with Crippen LogP contribution in [0.1, 0.15) is 31.1 Å². The van der Waals surface area contributed by atoms with Crippen molar-refractivity contribution in [3.05, 3.63) is 77.9 Å². The number of pyridine rings is 1. The molecule has 0 aliphatic heterocycles. The molecule has 1 amide bonds. The molecule has 0 spiro atoms. The summed E-state index contributed by atoms with van der Waals surface area (Å²) in [5.74, 6) is -0.227. The zero-order chi connectivity index (χ0) is 21.9. The molecule has 30 heavy (non-hydrogen) atoms. The van der Waals surface area contributed by atoms with E-state index in [0.717, 1.165) is 5.39 Å². The van der Waals surface area contributed by atoms with Gasteiger partial charge in [0.2, 0.25) is 0 Å². The van der Waals surface area contributed by atoms with E-state index in [1.165, 1.54) is 6.07 Å². The first-order chi connectivity index (χ1) is 14.2. The molecule has 1 aromatic heterocycles. The molecule has 3 aromatic rings. The number of hydrogen-bond donors (Lipinski definition) is 2. The molecule has 0 atom stereocenters. The maximum atomic E-state index is 14.1. The van der Waals surface area contributed by atoms with Crippen LogP contribution in [-0.4, -0.2) is 23.8 Å². The van der Waals surface area contributed by atoms with Gasteiger partial charge >= 0.3 is 0 Å². The van der Waals surface area contributed by atoms with Crippen molar-refractivity contribution in [3.63, 3.8) is 0 Å². The van der Waals surface area contributed by atoms with Crippen molar-refractivity contribution in [1.82, 2.24) is 10.3 Å². The molecule has 154 valence electrons. The average molecular weight is 404 g/mol. The van der Waals surface area contributed by atoms with Crippen molar-refractivity contribution in [1.29, 1.82) is 0 Å². The summed E-state index contributed by atoms with van der Waals surface area (Å²) in [4.78, 5) is 21.2. The fourth-order valence-electron chi connectivity index (χ4n) is 2.81. The Balaban J connectivity index is 1.86. The number of amides is 1. The van der Waals surface area contributed by atoms with Gasteiger partial charge in [-0.25, -0.2) is 4.39 Å². The Bertz CT molecular complexity index is 1160. The number of allylic oxidation sites excluding steroid dienone is 1. The van der Waals surface area contributed by atoms with Crippen LogP contribution in [0.3, 0.4) is 0 Å². The monoisotopic (exact) mass is 404 g/mol. The van der Waals surface area contributed by atoms with Crippen LogP contribution in [0, 0.1) is 11.2 Å². The molecule has 3 N–H and O–H groups in total. The molecule has 0 aliphatic carbocycles. The minimum atomic E-state index is -0.310. The number of carbonyl (C=O) groups excluding carboxylic acids is 1. The zero-order valence-electron chi connectivity index (χ0n) is 17.5. The summed E-state index contributed by atoms with van der Waals surface area (Å²) in [6.07, 6.45) is 3.27. The van der Waals surface area contributed by atoms with Gasteiger partial charge in [0, 0.05) is 46.4 Å². The first kappa shape index (κ1) is 21.2. The van der Waals surface area contributed by atoms with Gasteiger partial charge in [-0.1, -0.05) is 45.0 Å². The Morgan fingerprint density at radius 3 is 2.57 bits per heavy atom. The van der Waals surface area contributed by atoms with Crippen LogP contribution in [0.15, 0.2) is 71.5 Å². The van der Waals surface area contributed by atoms with E-state index in [4.69, 9.17) is 5.73 Å². The Morgan fingerprint density at radius 1 is 1.17 bits per heavy atom. The van der Waals surface area contributed by atoms with E-state index < -0.39 is 0 Å². The third-order valence-corrected chi connectivity index (χ3v) is 4.77. The van der Waals surface area contributed by atoms with E-state index in [9.17, 15) is 9.18 Å². The fourth-order valence-corrected chi connectivity index (χ4v) is 2.81. The number of nitrogens with two attached hydrogens (primary N) is 1. The number of hydrogen-bond acceptors (Lipinski definition) is 4. The molecule has 1 heterocycles. The van der Waals surface area contributed by atoms with Gasteiger partial charge in [0.15, 0.2) is 0 Å². The van der Waals surface area contributed by atoms with Gasteiger partial charge < -0.3 is 11.1 Å². The minimum Gasteiger partial charge on any atom is -0.401 e. The number of nitrogens with zero attached hydrogens (tertiary/aromatic N) is 2. The van der Waals surface area contributed by atoms with Gasteiger partial charge in [0.25, 0.3) is 5.91 Å². The third-order valence-electron chi connectivity index (χ3n) is 4.77. The smallest absolute Gasteiger partial charge is 0.256 e. The van der Waals surface area contributed by atoms with E-state index in [2.05, 4.69) is 15.3 Å². The highest BCUT2D eigenvalue weighted by atomic mass is 19.1. The lowest BCUT2D eigenvalue weighted by molar-refractivity contribution is 0.0977. The Morgan fingerprint density at radius 2 is 1.90 bits per heavy atom. The first-order valence-electron chi connectivity index (χ1n) is 9.59. The summed E-state index contributed by atoms with van der Waals surface area (Å²) >= 11 is 0. The van der Waals surface area contributed by atoms with E-state index in [1.54, 1.807) is 55.7 Å². The number of nitrogens with one attached hydrogen (secondary N) is 1. The van der Waals surface area contributed by atoms with Crippen molar-refractivity contribution >= 4 is 22.6 Å². The number of rotatable bonds is 3. The average Bonchev–Trinajstić information content (AvgIpc) is 2.72. The topological polar surface area (TPSA) is 80.4 Å². The Kier molecular flexibility index (Phi) is 5.96. The molecule has 0 fully saturated rings. The predicted molar refractivity (Wildman–Crippen MR) is 120 cm³/mol. The summed E-state index contributed by atoms with van der Waals surface area (Å²) in [6, 6.07) is 13.6. The van der Waals surface area contributed by atoms with Crippen LogP contribution in [0.4, 0.5) is 4.39 Å². The van der Waals surface area contributed by atoms with Gasteiger partial charge in [0.05, 0.1) is 5.52 Å². The fraction of sp³-hybridized carbons (Fsp3) is 0.208. The van der Waals surface area contributed by atoms with E-state index >= 15 is 0 Å². The standard InChI is InChI=1S/C24H25FN4O/c1-24(2,3)21(26)13-22(27-4)29-23(30)16-10-9-15-11-17(14-28-20(15)12-16)18-7-5-6-8-19(18)25/h5-14H,26H2,1-4H3,(H,27,29,30). The van der Waals surface area contributed by atoms with Gasteiger partial charge in [-0.3, -0.25) is 14.8 Å². The Labute approximate surface area is 175 Å². The molecule has 2 aromatic carbocycles. The molecule has 5 nitrogen and oxygen atoms in total. The van der Waals surface area contributed by atoms with Crippen molar-refractivity contribution in [2.45, 2.75) is 20.8 Å². The second-order valence-electron chi connectivity index (χ2n) is 8.02. The number of carbonyl (C=O) groups is 1. The number of halogens is 1. The zero-order valence-corrected chi connectivity index (χ0v) is 17.5. The highest BCUT2D eigenvalue weighted by Gasteiger charge is 2.16. The van der Waals surface area contributed by atoms with Crippen LogP contribution >= 0.6 is 0 Å². The summed E-state index contributed by atoms with van der Waals surface area (Å²) in [7, 11) is 1.59. The molecule has 0 saturated heterocycles. The second-order valence-corrected chi connectivity index (χ2v) is 8.02. The summed E-state index contributed by atoms with van der Waals surface area (Å²) in [5.41, 5.74) is 8.72. The third kappa shape index (κ3) is 4.71. The van der Waals surface area contributed by atoms with Crippen molar-refractivity contribution in [3.8, 4) is 11.1 Å². The van der Waals surface area contributed by atoms with Crippen LogP contribution in [0.5, 0.6) is 0 Å². The van der Waals surface area contributed by atoms with E-state index in [-0.39, 0.29) is 17.1 Å². The summed E-state index contributed by atoms with van der Waals surface area (Å²) in [5, 5.41) is 3.59. The predicted octanol–water partition coefficient (Wildman–Crippen LogP) is 4.69. The molecule has 0 radical (unpaired) electrons. The minimum absolute atomic E-state index is 0.233. The highest BCUT2D eigenvalue weighted by Crippen LogP contribution is 2.25. The van der Waals surface area contributed by atoms with Gasteiger partial charge in [-0.15, -0.1) is 0 Å². The number of benzene rings is 2. The van der Waals surface area contributed by atoms with Crippen LogP contribution in [-0.2, 0) is 0 Å². The lowest BCUT2D eigenvalue weighted by Crippen LogP contribution is -2.31. The molecule has 6 heteroatoms. The quantitative estimate of drug-likeness (QED) is 0.491. The molecule has 0 unspecified atom stereocenters. The normalized spacial score (nSPS) is 12.8. The summed E-state index contributed by atoms with van der Waals surface area (Å²) < 4.78 is 14.1. The Hall–Kier alpha value is -3.54. The van der Waals surface area contributed by atoms with Crippen LogP contribution < -0.4 is 11.1 Å². The number of aliphatic imine (C=N–C) groups is 1. The van der Waals surface area contributed by atoms with Crippen molar-refractivity contribution in [2.24, 2.45) is 16.1 Å². The highest BCUT2D eigenvalue weighted by molar-refractivity contribution is 6.11. The van der Waals surface area contributed by atoms with Crippen molar-refractivity contribution in [2.75, 3.05) is 7.05 Å². The van der Waals surface area contributed by atoms with Gasteiger partial charge in [0.1, 0.15) is 11.7 Å². The largest absolute Gasteiger partial charge is 0.401 e. The maximum Gasteiger partial charge on any atom is 0.256 e. The summed E-state index contributed by atoms with van der Waals surface area (Å²) in [6.45, 7) is 5.95. The second kappa shape index (κ2) is 8.45. The lowest BCUT2D eigenvalue weighted by Gasteiger charge is -2.19. The van der Waals surface area contributed by atoms with Crippen molar-refractivity contribution < 1.29 is 9.18 Å². The van der Waals surface area contributed by atoms with Gasteiger partial charge in [-0.2, -0.15) is 0 Å². The van der Waals surface area contributed by atoms with E-state index in [0.29, 0.717) is 33.7 Å². The number of amidine groups is 1. The van der Waals surface area contributed by atoms with Crippen LogP contribution in [0.2, 0.25) is 0 Å². The number of fused-ring (bicyclic) bond motifs is 1. The molecule has 0 saturated carbocycles.